The van der Waals surface area contributed by atoms with Crippen molar-refractivity contribution in [2.24, 2.45) is 0 Å². The summed E-state index contributed by atoms with van der Waals surface area (Å²) in [7, 11) is 0.743. The fourth-order valence-electron chi connectivity index (χ4n) is 3.49. The maximum atomic E-state index is 13.1. The number of benzene rings is 3. The second-order valence-electron chi connectivity index (χ2n) is 8.04. The number of sulfonamides is 1. The monoisotopic (exact) mass is 521 g/mol. The van der Waals surface area contributed by atoms with Crippen LogP contribution in [0.25, 0.3) is 11.3 Å². The molecular formula is C27H27N3O6S. The highest BCUT2D eigenvalue weighted by Crippen LogP contribution is 2.31. The lowest BCUT2D eigenvalue weighted by molar-refractivity contribution is 0.293. The number of aryl methyl sites for hydroxylation is 1. The molecular weight excluding hydrogens is 494 g/mol. The standard InChI is InChI=1S/C27H27N3O6S/c1-18-8-11-22(12-9-18)37(31,32)30-26-27(36-17-19-10-13-24(34-3)25(14-19)35-4)29-23(16-28-26)20-6-5-7-21(15-20)33-2/h5-16H,17H2,1-4H3,(H,28,30). The molecule has 0 aliphatic carbocycles. The van der Waals surface area contributed by atoms with Crippen molar-refractivity contribution in [1.82, 2.24) is 9.97 Å². The number of nitrogens with one attached hydrogen (secondary N) is 1. The van der Waals surface area contributed by atoms with Crippen LogP contribution in [0.3, 0.4) is 0 Å². The second-order valence-corrected chi connectivity index (χ2v) is 9.72. The molecule has 3 aromatic carbocycles. The van der Waals surface area contributed by atoms with Gasteiger partial charge in [0, 0.05) is 5.56 Å². The van der Waals surface area contributed by atoms with Crippen molar-refractivity contribution >= 4 is 15.8 Å². The lowest BCUT2D eigenvalue weighted by atomic mass is 10.1. The van der Waals surface area contributed by atoms with E-state index in [0.29, 0.717) is 22.9 Å². The van der Waals surface area contributed by atoms with Crippen LogP contribution in [0.2, 0.25) is 0 Å². The van der Waals surface area contributed by atoms with E-state index in [1.165, 1.54) is 18.3 Å². The smallest absolute Gasteiger partial charge is 0.263 e. The van der Waals surface area contributed by atoms with Crippen molar-refractivity contribution in [3.8, 4) is 34.4 Å². The van der Waals surface area contributed by atoms with Crippen molar-refractivity contribution in [2.45, 2.75) is 18.4 Å². The molecule has 0 bridgehead atoms. The van der Waals surface area contributed by atoms with Gasteiger partial charge in [-0.3, -0.25) is 4.72 Å². The summed E-state index contributed by atoms with van der Waals surface area (Å²) in [6, 6.07) is 19.1. The van der Waals surface area contributed by atoms with Crippen molar-refractivity contribution < 1.29 is 27.4 Å². The van der Waals surface area contributed by atoms with Crippen molar-refractivity contribution in [3.05, 3.63) is 84.1 Å². The van der Waals surface area contributed by atoms with Crippen LogP contribution in [0.4, 0.5) is 5.82 Å². The minimum Gasteiger partial charge on any atom is -0.497 e. The van der Waals surface area contributed by atoms with E-state index >= 15 is 0 Å². The van der Waals surface area contributed by atoms with E-state index in [-0.39, 0.29) is 23.2 Å². The summed E-state index contributed by atoms with van der Waals surface area (Å²) >= 11 is 0. The van der Waals surface area contributed by atoms with Gasteiger partial charge in [0.25, 0.3) is 15.9 Å². The number of aromatic nitrogens is 2. The third-order valence-corrected chi connectivity index (χ3v) is 6.85. The number of anilines is 1. The van der Waals surface area contributed by atoms with Gasteiger partial charge in [-0.05, 0) is 48.9 Å². The Bertz CT molecular complexity index is 1490. The van der Waals surface area contributed by atoms with Gasteiger partial charge in [-0.2, -0.15) is 0 Å². The maximum absolute atomic E-state index is 13.1. The highest BCUT2D eigenvalue weighted by molar-refractivity contribution is 7.92. The molecule has 1 aromatic heterocycles. The minimum atomic E-state index is -3.93. The molecule has 0 aliphatic heterocycles. The molecule has 0 amide bonds. The van der Waals surface area contributed by atoms with Gasteiger partial charge >= 0.3 is 0 Å². The summed E-state index contributed by atoms with van der Waals surface area (Å²) in [6.45, 7) is 1.96. The Morgan fingerprint density at radius 2 is 1.62 bits per heavy atom. The molecule has 0 saturated heterocycles. The third kappa shape index (κ3) is 6.10. The van der Waals surface area contributed by atoms with Crippen molar-refractivity contribution in [1.29, 1.82) is 0 Å². The summed E-state index contributed by atoms with van der Waals surface area (Å²) in [4.78, 5) is 9.03. The van der Waals surface area contributed by atoms with Gasteiger partial charge in [0.15, 0.2) is 11.5 Å². The molecule has 0 saturated carbocycles. The Morgan fingerprint density at radius 1 is 0.865 bits per heavy atom. The van der Waals surface area contributed by atoms with Crippen LogP contribution in [0.15, 0.2) is 77.8 Å². The Morgan fingerprint density at radius 3 is 2.32 bits per heavy atom. The normalized spacial score (nSPS) is 11.0. The number of nitrogens with zero attached hydrogens (tertiary/aromatic N) is 2. The molecule has 0 atom stereocenters. The maximum Gasteiger partial charge on any atom is 0.263 e. The molecule has 192 valence electrons. The SMILES string of the molecule is COc1cccc(-c2cnc(NS(=O)(=O)c3ccc(C)cc3)c(OCc3ccc(OC)c(OC)c3)n2)c1. The molecule has 0 spiro atoms. The van der Waals surface area contributed by atoms with Crippen molar-refractivity contribution in [2.75, 3.05) is 26.1 Å². The Kier molecular flexibility index (Phi) is 7.78. The highest BCUT2D eigenvalue weighted by atomic mass is 32.2. The average Bonchev–Trinajstić information content (AvgIpc) is 2.92. The predicted molar refractivity (Wildman–Crippen MR) is 140 cm³/mol. The van der Waals surface area contributed by atoms with Gasteiger partial charge in [0.2, 0.25) is 5.82 Å². The first-order valence-electron chi connectivity index (χ1n) is 11.3. The van der Waals surface area contributed by atoms with Crippen LogP contribution in [0.5, 0.6) is 23.1 Å². The fourth-order valence-corrected chi connectivity index (χ4v) is 4.50. The lowest BCUT2D eigenvalue weighted by Gasteiger charge is -2.14. The number of hydrogen-bond donors (Lipinski definition) is 1. The molecule has 4 rings (SSSR count). The van der Waals surface area contributed by atoms with E-state index in [2.05, 4.69) is 14.7 Å². The summed E-state index contributed by atoms with van der Waals surface area (Å²) in [6.07, 6.45) is 1.48. The Hall–Kier alpha value is -4.31. The molecule has 37 heavy (non-hydrogen) atoms. The zero-order chi connectivity index (χ0) is 26.4. The zero-order valence-electron chi connectivity index (χ0n) is 20.9. The molecule has 4 aromatic rings. The second kappa shape index (κ2) is 11.2. The molecule has 0 radical (unpaired) electrons. The van der Waals surface area contributed by atoms with Crippen LogP contribution < -0.4 is 23.7 Å². The van der Waals surface area contributed by atoms with Gasteiger partial charge in [-0.25, -0.2) is 18.4 Å². The number of hydrogen-bond acceptors (Lipinski definition) is 8. The van der Waals surface area contributed by atoms with E-state index in [9.17, 15) is 8.42 Å². The van der Waals surface area contributed by atoms with Gasteiger partial charge in [0.1, 0.15) is 12.4 Å². The molecule has 0 fully saturated rings. The molecule has 1 heterocycles. The highest BCUT2D eigenvalue weighted by Gasteiger charge is 2.20. The van der Waals surface area contributed by atoms with E-state index < -0.39 is 10.0 Å². The first-order valence-corrected chi connectivity index (χ1v) is 12.8. The summed E-state index contributed by atoms with van der Waals surface area (Å²) in [5, 5.41) is 0. The van der Waals surface area contributed by atoms with Gasteiger partial charge in [0.05, 0.1) is 38.1 Å². The van der Waals surface area contributed by atoms with Crippen molar-refractivity contribution in [3.63, 3.8) is 0 Å². The van der Waals surface area contributed by atoms with Gasteiger partial charge in [-0.15, -0.1) is 0 Å². The lowest BCUT2D eigenvalue weighted by Crippen LogP contribution is -2.15. The number of methoxy groups -OCH3 is 3. The van der Waals surface area contributed by atoms with E-state index in [1.54, 1.807) is 51.7 Å². The number of ether oxygens (including phenoxy) is 4. The molecule has 0 unspecified atom stereocenters. The topological polar surface area (TPSA) is 109 Å². The molecule has 1 N–H and O–H groups in total. The van der Waals surface area contributed by atoms with Crippen LogP contribution in [-0.2, 0) is 16.6 Å². The largest absolute Gasteiger partial charge is 0.497 e. The van der Waals surface area contributed by atoms with E-state index in [0.717, 1.165) is 16.7 Å². The van der Waals surface area contributed by atoms with E-state index in [4.69, 9.17) is 18.9 Å². The van der Waals surface area contributed by atoms with Crippen LogP contribution >= 0.6 is 0 Å². The molecule has 9 nitrogen and oxygen atoms in total. The third-order valence-electron chi connectivity index (χ3n) is 5.49. The van der Waals surface area contributed by atoms with Gasteiger partial charge in [-0.1, -0.05) is 35.9 Å². The zero-order valence-corrected chi connectivity index (χ0v) is 21.7. The van der Waals surface area contributed by atoms with Crippen LogP contribution in [0, 0.1) is 6.92 Å². The summed E-state index contributed by atoms with van der Waals surface area (Å²) < 4.78 is 50.5. The summed E-state index contributed by atoms with van der Waals surface area (Å²) in [5.74, 6) is 1.76. The van der Waals surface area contributed by atoms with Gasteiger partial charge < -0.3 is 18.9 Å². The quantitative estimate of drug-likeness (QED) is 0.315. The first kappa shape index (κ1) is 25.8. The minimum absolute atomic E-state index is 0.0193. The Labute approximate surface area is 216 Å². The van der Waals surface area contributed by atoms with Crippen LogP contribution in [-0.4, -0.2) is 39.7 Å². The Balaban J connectivity index is 1.69. The number of rotatable bonds is 10. The van der Waals surface area contributed by atoms with E-state index in [1.807, 2.05) is 31.2 Å². The fraction of sp³-hybridized carbons (Fsp3) is 0.185. The molecule has 0 aliphatic rings. The van der Waals surface area contributed by atoms with Crippen LogP contribution in [0.1, 0.15) is 11.1 Å². The average molecular weight is 522 g/mol. The summed E-state index contributed by atoms with van der Waals surface area (Å²) in [5.41, 5.74) is 2.93. The predicted octanol–water partition coefficient (Wildman–Crippen LogP) is 4.86. The first-order chi connectivity index (χ1) is 17.8. The molecule has 10 heteroatoms.